The third-order valence-corrected chi connectivity index (χ3v) is 1.92. The topological polar surface area (TPSA) is 62.1 Å². The zero-order chi connectivity index (χ0) is 11.8. The molecule has 0 heterocycles. The summed E-state index contributed by atoms with van der Waals surface area (Å²) in [7, 11) is 0. The van der Waals surface area contributed by atoms with E-state index in [4.69, 9.17) is 10.00 Å². The predicted molar refractivity (Wildman–Crippen MR) is 61.1 cm³/mol. The normalized spacial score (nSPS) is 9.25. The third kappa shape index (κ3) is 3.62. The Labute approximate surface area is 94.8 Å². The van der Waals surface area contributed by atoms with Gasteiger partial charge in [0.1, 0.15) is 5.75 Å². The van der Waals surface area contributed by atoms with Gasteiger partial charge in [-0.2, -0.15) is 5.26 Å². The molecule has 0 saturated heterocycles. The first-order valence-corrected chi connectivity index (χ1v) is 5.16. The fourth-order valence-corrected chi connectivity index (χ4v) is 1.23. The standard InChI is InChI=1S/C12H14N2O2/c1-2-16-11-7-4-3-6-10(11)14-12(15)8-5-9-13/h3-4,6-7H,2,5,8H2,1H3,(H,14,15). The molecule has 4 heteroatoms. The second-order valence-electron chi connectivity index (χ2n) is 3.14. The van der Waals surface area contributed by atoms with Gasteiger partial charge in [-0.25, -0.2) is 0 Å². The van der Waals surface area contributed by atoms with Crippen LogP contribution in [0.5, 0.6) is 5.75 Å². The van der Waals surface area contributed by atoms with Crippen LogP contribution < -0.4 is 10.1 Å². The Morgan fingerprint density at radius 3 is 2.94 bits per heavy atom. The molecule has 16 heavy (non-hydrogen) atoms. The molecule has 84 valence electrons. The molecule has 1 aromatic rings. The van der Waals surface area contributed by atoms with Crippen LogP contribution in [0.3, 0.4) is 0 Å². The van der Waals surface area contributed by atoms with Crippen molar-refractivity contribution in [1.29, 1.82) is 5.26 Å². The molecule has 0 radical (unpaired) electrons. The maximum Gasteiger partial charge on any atom is 0.225 e. The highest BCUT2D eigenvalue weighted by atomic mass is 16.5. The molecule has 0 spiro atoms. The zero-order valence-electron chi connectivity index (χ0n) is 9.19. The van der Waals surface area contributed by atoms with Crippen LogP contribution in [0.15, 0.2) is 24.3 Å². The first-order valence-electron chi connectivity index (χ1n) is 5.16. The SMILES string of the molecule is CCOc1ccccc1NC(=O)CCC#N. The fourth-order valence-electron chi connectivity index (χ4n) is 1.23. The molecule has 0 aliphatic rings. The van der Waals surface area contributed by atoms with Crippen LogP contribution in [0, 0.1) is 11.3 Å². The molecule has 1 amide bonds. The first kappa shape index (κ1) is 12.1. The molecule has 0 bridgehead atoms. The van der Waals surface area contributed by atoms with E-state index in [1.54, 1.807) is 12.1 Å². The van der Waals surface area contributed by atoms with Crippen LogP contribution in [0.4, 0.5) is 5.69 Å². The summed E-state index contributed by atoms with van der Waals surface area (Å²) in [5, 5.41) is 11.1. The lowest BCUT2D eigenvalue weighted by Crippen LogP contribution is -2.11. The number of benzene rings is 1. The zero-order valence-corrected chi connectivity index (χ0v) is 9.19. The molecule has 0 aliphatic carbocycles. The Hall–Kier alpha value is -2.02. The number of anilines is 1. The van der Waals surface area contributed by atoms with E-state index in [1.165, 1.54) is 0 Å². The largest absolute Gasteiger partial charge is 0.492 e. The molecular formula is C12H14N2O2. The highest BCUT2D eigenvalue weighted by Gasteiger charge is 2.06. The summed E-state index contributed by atoms with van der Waals surface area (Å²) >= 11 is 0. The van der Waals surface area contributed by atoms with Crippen LogP contribution in [0.25, 0.3) is 0 Å². The number of nitrogens with zero attached hydrogens (tertiary/aromatic N) is 1. The second kappa shape index (κ2) is 6.46. The Morgan fingerprint density at radius 1 is 1.50 bits per heavy atom. The van der Waals surface area contributed by atoms with Gasteiger partial charge in [0, 0.05) is 12.8 Å². The van der Waals surface area contributed by atoms with Crippen molar-refractivity contribution >= 4 is 11.6 Å². The molecular weight excluding hydrogens is 204 g/mol. The molecule has 0 fully saturated rings. The van der Waals surface area contributed by atoms with E-state index in [2.05, 4.69) is 5.32 Å². The second-order valence-corrected chi connectivity index (χ2v) is 3.14. The molecule has 0 atom stereocenters. The molecule has 4 nitrogen and oxygen atoms in total. The Morgan fingerprint density at radius 2 is 2.25 bits per heavy atom. The average Bonchev–Trinajstić information content (AvgIpc) is 2.29. The lowest BCUT2D eigenvalue weighted by molar-refractivity contribution is -0.116. The smallest absolute Gasteiger partial charge is 0.225 e. The van der Waals surface area contributed by atoms with E-state index in [9.17, 15) is 4.79 Å². The average molecular weight is 218 g/mol. The molecule has 0 unspecified atom stereocenters. The van der Waals surface area contributed by atoms with E-state index < -0.39 is 0 Å². The molecule has 0 aromatic heterocycles. The highest BCUT2D eigenvalue weighted by molar-refractivity contribution is 5.92. The van der Waals surface area contributed by atoms with Gasteiger partial charge in [0.2, 0.25) is 5.91 Å². The minimum absolute atomic E-state index is 0.172. The number of ether oxygens (including phenoxy) is 1. The lowest BCUT2D eigenvalue weighted by atomic mass is 10.2. The Kier molecular flexibility index (Phi) is 4.87. The number of carbonyl (C=O) groups excluding carboxylic acids is 1. The summed E-state index contributed by atoms with van der Waals surface area (Å²) in [6, 6.07) is 9.17. The number of hydrogen-bond acceptors (Lipinski definition) is 3. The molecule has 1 N–H and O–H groups in total. The molecule has 1 aromatic carbocycles. The maximum absolute atomic E-state index is 11.4. The van der Waals surface area contributed by atoms with E-state index >= 15 is 0 Å². The van der Waals surface area contributed by atoms with Crippen LogP contribution in [0.1, 0.15) is 19.8 Å². The summed E-state index contributed by atoms with van der Waals surface area (Å²) in [5.41, 5.74) is 0.646. The van der Waals surface area contributed by atoms with Gasteiger partial charge in [-0.3, -0.25) is 4.79 Å². The Balaban J connectivity index is 2.65. The summed E-state index contributed by atoms with van der Waals surface area (Å²) in [6.07, 6.45) is 0.430. The van der Waals surface area contributed by atoms with Crippen LogP contribution in [0.2, 0.25) is 0 Å². The van der Waals surface area contributed by atoms with Crippen molar-refractivity contribution in [2.24, 2.45) is 0 Å². The lowest BCUT2D eigenvalue weighted by Gasteiger charge is -2.10. The van der Waals surface area contributed by atoms with Crippen LogP contribution >= 0.6 is 0 Å². The van der Waals surface area contributed by atoms with Gasteiger partial charge in [-0.05, 0) is 19.1 Å². The highest BCUT2D eigenvalue weighted by Crippen LogP contribution is 2.23. The van der Waals surface area contributed by atoms with Gasteiger partial charge in [0.25, 0.3) is 0 Å². The Bertz CT molecular complexity index is 396. The van der Waals surface area contributed by atoms with Gasteiger partial charge in [-0.15, -0.1) is 0 Å². The number of nitrogens with one attached hydrogen (secondary N) is 1. The van der Waals surface area contributed by atoms with Crippen molar-refractivity contribution in [3.05, 3.63) is 24.3 Å². The minimum atomic E-state index is -0.172. The number of nitriles is 1. The van der Waals surface area contributed by atoms with E-state index in [1.807, 2.05) is 25.1 Å². The summed E-state index contributed by atoms with van der Waals surface area (Å²) in [6.45, 7) is 2.43. The van der Waals surface area contributed by atoms with Gasteiger partial charge in [-0.1, -0.05) is 12.1 Å². The molecule has 0 aliphatic heterocycles. The van der Waals surface area contributed by atoms with E-state index in [0.29, 0.717) is 18.0 Å². The molecule has 0 saturated carbocycles. The minimum Gasteiger partial charge on any atom is -0.492 e. The number of para-hydroxylation sites is 2. The van der Waals surface area contributed by atoms with Gasteiger partial charge >= 0.3 is 0 Å². The third-order valence-electron chi connectivity index (χ3n) is 1.92. The van der Waals surface area contributed by atoms with E-state index in [-0.39, 0.29) is 18.7 Å². The number of amides is 1. The molecule has 1 rings (SSSR count). The number of carbonyl (C=O) groups is 1. The van der Waals surface area contributed by atoms with Crippen molar-refractivity contribution in [2.45, 2.75) is 19.8 Å². The predicted octanol–water partition coefficient (Wildman–Crippen LogP) is 2.33. The van der Waals surface area contributed by atoms with Crippen molar-refractivity contribution in [3.63, 3.8) is 0 Å². The van der Waals surface area contributed by atoms with Gasteiger partial charge in [0.05, 0.1) is 18.4 Å². The van der Waals surface area contributed by atoms with Crippen LogP contribution in [-0.2, 0) is 4.79 Å². The van der Waals surface area contributed by atoms with Crippen molar-refractivity contribution in [2.75, 3.05) is 11.9 Å². The quantitative estimate of drug-likeness (QED) is 0.825. The van der Waals surface area contributed by atoms with Crippen LogP contribution in [-0.4, -0.2) is 12.5 Å². The summed E-state index contributed by atoms with van der Waals surface area (Å²) in [5.74, 6) is 0.476. The van der Waals surface area contributed by atoms with Crippen molar-refractivity contribution in [1.82, 2.24) is 0 Å². The van der Waals surface area contributed by atoms with Crippen molar-refractivity contribution in [3.8, 4) is 11.8 Å². The van der Waals surface area contributed by atoms with Crippen molar-refractivity contribution < 1.29 is 9.53 Å². The van der Waals surface area contributed by atoms with E-state index in [0.717, 1.165) is 0 Å². The monoisotopic (exact) mass is 218 g/mol. The fraction of sp³-hybridized carbons (Fsp3) is 0.333. The summed E-state index contributed by atoms with van der Waals surface area (Å²) in [4.78, 5) is 11.4. The van der Waals surface area contributed by atoms with Gasteiger partial charge < -0.3 is 10.1 Å². The maximum atomic E-state index is 11.4. The summed E-state index contributed by atoms with van der Waals surface area (Å²) < 4.78 is 5.36. The first-order chi connectivity index (χ1) is 7.77. The van der Waals surface area contributed by atoms with Gasteiger partial charge in [0.15, 0.2) is 0 Å². The number of rotatable bonds is 5. The number of hydrogen-bond donors (Lipinski definition) is 1.